The minimum absolute atomic E-state index is 0.00336. The van der Waals surface area contributed by atoms with E-state index in [4.69, 9.17) is 153 Å². The fourth-order valence-corrected chi connectivity index (χ4v) is 15.0. The zero-order chi connectivity index (χ0) is 64.2. The van der Waals surface area contributed by atoms with Crippen LogP contribution in [0.4, 0.5) is 0 Å². The molecule has 0 bridgehead atoms. The molecule has 16 N–H and O–H groups in total. The molecule has 5 heterocycles. The first-order chi connectivity index (χ1) is 41.0. The number of hydrogen-bond acceptors (Lipinski definition) is 33. The Morgan fingerprint density at radius 1 is 0.690 bits per heavy atom. The highest BCUT2D eigenvalue weighted by Crippen LogP contribution is 2.54. The Morgan fingerprint density at radius 3 is 1.90 bits per heavy atom. The van der Waals surface area contributed by atoms with Crippen molar-refractivity contribution in [1.82, 2.24) is 5.32 Å². The molecular weight excluding hydrogens is 1280 g/mol. The summed E-state index contributed by atoms with van der Waals surface area (Å²) in [5.41, 5.74) is 20.3. The van der Waals surface area contributed by atoms with Crippen molar-refractivity contribution in [3.8, 4) is 0 Å². The van der Waals surface area contributed by atoms with Crippen LogP contribution in [0.1, 0.15) is 33.1 Å². The number of nitrogens with two attached hydrogens (primary N) is 4. The van der Waals surface area contributed by atoms with Gasteiger partial charge in [0.2, 0.25) is 0 Å². The summed E-state index contributed by atoms with van der Waals surface area (Å²) >= 11 is 16.0. The number of methoxy groups -OCH3 is 1. The van der Waals surface area contributed by atoms with Gasteiger partial charge in [-0.05, 0) is 45.5 Å². The number of likely N-dealkylation sites (N-methyl/N-ethyl adjacent to an activating group) is 1. The van der Waals surface area contributed by atoms with Gasteiger partial charge in [-0.25, -0.2) is 9.98 Å². The molecule has 6 fully saturated rings. The van der Waals surface area contributed by atoms with Crippen molar-refractivity contribution in [3.63, 3.8) is 0 Å². The lowest BCUT2D eigenvalue weighted by Gasteiger charge is -2.46. The standard InChI is InChI=1S/C45H83B2N8O26P3S3/c1-20(45(62)21(2)73-42(40(45)78-41-33(52-3)37(60)34(57)25(16-56)76-41)77-39-32(55-44(50)51)35(58)31(54-43(48)49)36(59)38(39)61)53-7-9-67-10-11-68-12-13-70-84(87,72-19-28-23(14-29(46)75-28)80-82(63,85)66-5)81-24-15-30(47)74-27(24)18-71-83(64,86)79-22-6-8-69-26(22)17-65-4/h21-42,52,56-62H,6-19H2,1-5H3,(H,63,85)(H,64,86)(H4,48,49,54)(H4,50,51,55)/p-2. The summed E-state index contributed by atoms with van der Waals surface area (Å²) in [5.74, 6) is -1.09. The highest BCUT2D eigenvalue weighted by atomic mass is 32.5. The minimum Gasteiger partial charge on any atom is -0.780 e. The van der Waals surface area contributed by atoms with E-state index in [-0.39, 0.29) is 78.0 Å². The summed E-state index contributed by atoms with van der Waals surface area (Å²) in [4.78, 5) is 38.4. The predicted molar refractivity (Wildman–Crippen MR) is 313 cm³/mol. The Balaban J connectivity index is 1.08. The molecule has 0 amide bonds. The van der Waals surface area contributed by atoms with Gasteiger partial charge in [0.25, 0.3) is 0 Å². The highest BCUT2D eigenvalue weighted by molar-refractivity contribution is 8.07. The van der Waals surface area contributed by atoms with E-state index in [1.165, 1.54) is 28.0 Å². The van der Waals surface area contributed by atoms with Crippen molar-refractivity contribution in [3.05, 3.63) is 0 Å². The lowest BCUT2D eigenvalue weighted by Crippen LogP contribution is -2.67. The second kappa shape index (κ2) is 34.1. The van der Waals surface area contributed by atoms with E-state index < -0.39 is 179 Å². The number of guanidine groups is 2. The summed E-state index contributed by atoms with van der Waals surface area (Å²) < 4.78 is 98.6. The smallest absolute Gasteiger partial charge is 0.327 e. The van der Waals surface area contributed by atoms with E-state index >= 15 is 0 Å². The summed E-state index contributed by atoms with van der Waals surface area (Å²) in [7, 11) is 16.3. The average molecular weight is 1360 g/mol. The zero-order valence-electron chi connectivity index (χ0n) is 48.4. The van der Waals surface area contributed by atoms with Gasteiger partial charge in [0, 0.05) is 45.0 Å². The minimum atomic E-state index is -4.11. The third kappa shape index (κ3) is 20.4. The molecule has 0 aromatic heterocycles. The second-order valence-corrected chi connectivity index (χ2v) is 29.3. The van der Waals surface area contributed by atoms with Crippen molar-refractivity contribution in [2.24, 2.45) is 37.9 Å². The van der Waals surface area contributed by atoms with Crippen LogP contribution in [0.3, 0.4) is 0 Å². The zero-order valence-corrected chi connectivity index (χ0v) is 53.5. The molecule has 1 aliphatic carbocycles. The lowest BCUT2D eigenvalue weighted by molar-refractivity contribution is -0.313. The molecule has 34 nitrogen and oxygen atoms in total. The van der Waals surface area contributed by atoms with Crippen molar-refractivity contribution in [2.45, 2.75) is 173 Å². The fourth-order valence-electron chi connectivity index (χ4n) is 10.4. The molecule has 26 unspecified atom stereocenters. The molecule has 6 aliphatic rings. The first kappa shape index (κ1) is 75.2. The van der Waals surface area contributed by atoms with E-state index in [0.717, 1.165) is 7.11 Å². The Bertz CT molecular complexity index is 2420. The highest BCUT2D eigenvalue weighted by Gasteiger charge is 2.62. The topological polar surface area (TPSA) is 498 Å². The molecule has 5 saturated heterocycles. The summed E-state index contributed by atoms with van der Waals surface area (Å²) in [6.45, 7) is -10.2. The second-order valence-electron chi connectivity index (χ2n) is 20.8. The van der Waals surface area contributed by atoms with Crippen molar-refractivity contribution in [1.29, 1.82) is 0 Å². The molecule has 6 rings (SSSR count). The average Bonchev–Trinajstić information content (AvgIpc) is 1.99. The van der Waals surface area contributed by atoms with E-state index in [1.807, 2.05) is 0 Å². The molecule has 42 heteroatoms. The maximum Gasteiger partial charge on any atom is 0.327 e. The number of aliphatic hydroxyl groups is 7. The fraction of sp³-hybridized carbons (Fsp3) is 0.933. The Hall–Kier alpha value is -0.790. The number of aliphatic imine (C=N–C) groups is 3. The summed E-state index contributed by atoms with van der Waals surface area (Å²) in [6.07, 6.45) is -22.4. The van der Waals surface area contributed by atoms with Gasteiger partial charge < -0.3 is 153 Å². The number of rotatable bonds is 34. The van der Waals surface area contributed by atoms with E-state index in [9.17, 15) is 45.5 Å². The molecule has 0 spiro atoms. The predicted octanol–water partition coefficient (Wildman–Crippen LogP) is -7.62. The summed E-state index contributed by atoms with van der Waals surface area (Å²) in [6, 6.07) is -6.01. The Labute approximate surface area is 521 Å². The van der Waals surface area contributed by atoms with Crippen LogP contribution in [0.2, 0.25) is 0 Å². The molecule has 87 heavy (non-hydrogen) atoms. The Kier molecular flexibility index (Phi) is 29.4. The monoisotopic (exact) mass is 1360 g/mol. The molecule has 26 atom stereocenters. The van der Waals surface area contributed by atoms with Crippen LogP contribution in [-0.2, 0) is 114 Å². The van der Waals surface area contributed by atoms with E-state index in [1.54, 1.807) is 0 Å². The van der Waals surface area contributed by atoms with Gasteiger partial charge in [0.1, 0.15) is 108 Å². The molecule has 5 aliphatic heterocycles. The van der Waals surface area contributed by atoms with Crippen LogP contribution in [0.5, 0.6) is 0 Å². The van der Waals surface area contributed by atoms with E-state index in [2.05, 4.69) is 20.3 Å². The van der Waals surface area contributed by atoms with Gasteiger partial charge in [-0.2, -0.15) is 0 Å². The molecule has 1 saturated carbocycles. The van der Waals surface area contributed by atoms with E-state index in [0.29, 0.717) is 13.0 Å². The first-order valence-corrected chi connectivity index (χ1v) is 35.2. The SMILES string of the molecule is [B]C1CC(OP([O-])(=S)OC)C(COP(=S)(OCCOCCOCCN=C(C)C2(O)C(C)OC(OC3C(O)C(O)C(N=C(N)N)C(O)C3N=C(N)N)C2OC2OC(CO)C(O)C(O)C2NC)OC2CC([B])OC2COP([O-])(=S)OC2CCOC2COC)O1. The van der Waals surface area contributed by atoms with Crippen molar-refractivity contribution < 1.29 is 125 Å². The van der Waals surface area contributed by atoms with Crippen molar-refractivity contribution in [2.75, 3.05) is 93.9 Å². The van der Waals surface area contributed by atoms with Crippen LogP contribution in [0.15, 0.2) is 15.0 Å². The maximum absolute atomic E-state index is 13.3. The van der Waals surface area contributed by atoms with Gasteiger partial charge in [0.05, 0.1) is 96.5 Å². The van der Waals surface area contributed by atoms with Crippen molar-refractivity contribution >= 4 is 88.9 Å². The van der Waals surface area contributed by atoms with Crippen LogP contribution < -0.4 is 38.0 Å². The maximum atomic E-state index is 13.3. The third-order valence-electron chi connectivity index (χ3n) is 14.9. The lowest BCUT2D eigenvalue weighted by atomic mass is 9.81. The molecular formula is C45H81B2N8O26P3S3-2. The number of nitrogens with zero attached hydrogens (tertiary/aromatic N) is 3. The van der Waals surface area contributed by atoms with Gasteiger partial charge in [-0.1, -0.05) is 23.6 Å². The number of nitrogens with one attached hydrogen (secondary N) is 1. The van der Waals surface area contributed by atoms with Gasteiger partial charge in [-0.15, -0.1) is 0 Å². The van der Waals surface area contributed by atoms with Gasteiger partial charge in [0.15, 0.2) is 30.1 Å². The molecule has 4 radical (unpaired) electrons. The number of ether oxygens (including phenoxy) is 10. The number of aliphatic hydroxyl groups excluding tert-OH is 6. The largest absolute Gasteiger partial charge is 0.780 e. The van der Waals surface area contributed by atoms with Gasteiger partial charge in [-0.3, -0.25) is 4.99 Å². The third-order valence-corrected chi connectivity index (χ3v) is 20.5. The number of hydrogen-bond donors (Lipinski definition) is 12. The van der Waals surface area contributed by atoms with Crippen LogP contribution in [-0.4, -0.2) is 303 Å². The van der Waals surface area contributed by atoms with Crippen LogP contribution in [0.25, 0.3) is 0 Å². The molecule has 498 valence electrons. The quantitative estimate of drug-likeness (QED) is 0.00936. The van der Waals surface area contributed by atoms with Gasteiger partial charge >= 0.3 is 6.72 Å². The summed E-state index contributed by atoms with van der Waals surface area (Å²) in [5, 5.41) is 81.1. The normalized spacial score (nSPS) is 40.4. The molecule has 0 aromatic rings. The molecule has 0 aromatic carbocycles. The first-order valence-electron chi connectivity index (χ1n) is 27.6. The van der Waals surface area contributed by atoms with Crippen LogP contribution >= 0.6 is 20.2 Å². The van der Waals surface area contributed by atoms with Crippen LogP contribution in [0, 0.1) is 0 Å². The Morgan fingerprint density at radius 2 is 1.29 bits per heavy atom.